The van der Waals surface area contributed by atoms with Gasteiger partial charge in [-0.2, -0.15) is 5.26 Å². The summed E-state index contributed by atoms with van der Waals surface area (Å²) in [5.41, 5.74) is 8.58. The Morgan fingerprint density at radius 3 is 2.80 bits per heavy atom. The van der Waals surface area contributed by atoms with E-state index in [1.807, 2.05) is 60.8 Å². The molecular formula is C25H22N4O. The van der Waals surface area contributed by atoms with Gasteiger partial charge in [0.15, 0.2) is 0 Å². The van der Waals surface area contributed by atoms with E-state index in [2.05, 4.69) is 11.1 Å². The number of para-hydroxylation sites is 1. The number of rotatable bonds is 6. The third-order valence-electron chi connectivity index (χ3n) is 5.25. The predicted molar refractivity (Wildman–Crippen MR) is 121 cm³/mol. The van der Waals surface area contributed by atoms with E-state index < -0.39 is 0 Å². The topological polar surface area (TPSA) is 84.7 Å². The Labute approximate surface area is 175 Å². The van der Waals surface area contributed by atoms with E-state index in [1.54, 1.807) is 17.0 Å². The number of benzene rings is 2. The molecule has 4 aromatic rings. The highest BCUT2D eigenvalue weighted by Gasteiger charge is 2.16. The molecule has 2 heterocycles. The molecule has 30 heavy (non-hydrogen) atoms. The largest absolute Gasteiger partial charge is 0.330 e. The second-order valence-corrected chi connectivity index (χ2v) is 7.18. The summed E-state index contributed by atoms with van der Waals surface area (Å²) in [4.78, 5) is 17.0. The quantitative estimate of drug-likeness (QED) is 0.367. The molecule has 0 spiro atoms. The summed E-state index contributed by atoms with van der Waals surface area (Å²) in [7, 11) is 0. The molecule has 5 nitrogen and oxygen atoms in total. The fourth-order valence-electron chi connectivity index (χ4n) is 3.74. The van der Waals surface area contributed by atoms with Crippen LogP contribution >= 0.6 is 0 Å². The third kappa shape index (κ3) is 3.73. The maximum absolute atomic E-state index is 12.8. The number of carbonyl (C=O) groups excluding carboxylic acids is 1. The molecule has 0 aliphatic rings. The van der Waals surface area contributed by atoms with Crippen LogP contribution in [-0.4, -0.2) is 22.0 Å². The van der Waals surface area contributed by atoms with E-state index in [4.69, 9.17) is 5.73 Å². The van der Waals surface area contributed by atoms with E-state index in [0.29, 0.717) is 18.5 Å². The number of hydrogen-bond donors (Lipinski definition) is 1. The molecule has 0 fully saturated rings. The maximum atomic E-state index is 12.8. The van der Waals surface area contributed by atoms with Crippen LogP contribution in [0.15, 0.2) is 67.1 Å². The minimum absolute atomic E-state index is 0.0134. The third-order valence-corrected chi connectivity index (χ3v) is 5.25. The molecule has 0 amide bonds. The second-order valence-electron chi connectivity index (χ2n) is 7.18. The van der Waals surface area contributed by atoms with Crippen LogP contribution in [0.4, 0.5) is 0 Å². The molecule has 148 valence electrons. The monoisotopic (exact) mass is 394 g/mol. The van der Waals surface area contributed by atoms with Crippen LogP contribution in [0.2, 0.25) is 0 Å². The van der Waals surface area contributed by atoms with Crippen LogP contribution in [0.5, 0.6) is 0 Å². The van der Waals surface area contributed by atoms with Crippen LogP contribution in [0.25, 0.3) is 33.3 Å². The van der Waals surface area contributed by atoms with Gasteiger partial charge in [0.05, 0.1) is 17.2 Å². The van der Waals surface area contributed by atoms with E-state index in [-0.39, 0.29) is 5.91 Å². The van der Waals surface area contributed by atoms with Gasteiger partial charge in [0.1, 0.15) is 0 Å². The number of hydrogen-bond acceptors (Lipinski definition) is 4. The summed E-state index contributed by atoms with van der Waals surface area (Å²) in [6, 6.07) is 17.9. The van der Waals surface area contributed by atoms with Gasteiger partial charge in [-0.1, -0.05) is 36.4 Å². The molecule has 0 radical (unpaired) electrons. The number of allylic oxidation sites excluding steroid dienone is 1. The van der Waals surface area contributed by atoms with Gasteiger partial charge in [-0.15, -0.1) is 0 Å². The number of aromatic nitrogens is 2. The average Bonchev–Trinajstić information content (AvgIpc) is 3.17. The molecule has 0 atom stereocenters. The normalized spacial score (nSPS) is 11.7. The summed E-state index contributed by atoms with van der Waals surface area (Å²) >= 11 is 0. The number of nitriles is 1. The van der Waals surface area contributed by atoms with Crippen molar-refractivity contribution in [1.82, 2.24) is 9.55 Å². The summed E-state index contributed by atoms with van der Waals surface area (Å²) in [6.45, 7) is 0.576. The van der Waals surface area contributed by atoms with Gasteiger partial charge in [-0.3, -0.25) is 14.3 Å². The SMILES string of the molecule is N#CC(=Cc1cccc2cnccc12)c1cn(C(=O)CCCCN)c2ccccc12. The lowest BCUT2D eigenvalue weighted by atomic mass is 10.00. The maximum Gasteiger partial charge on any atom is 0.231 e. The van der Waals surface area contributed by atoms with Gasteiger partial charge in [0, 0.05) is 41.3 Å². The minimum atomic E-state index is 0.0134. The van der Waals surface area contributed by atoms with Crippen molar-refractivity contribution in [3.8, 4) is 6.07 Å². The van der Waals surface area contributed by atoms with Gasteiger partial charge >= 0.3 is 0 Å². The molecule has 0 saturated heterocycles. The van der Waals surface area contributed by atoms with E-state index >= 15 is 0 Å². The average molecular weight is 394 g/mol. The number of pyridine rings is 1. The van der Waals surface area contributed by atoms with Gasteiger partial charge < -0.3 is 5.73 Å². The van der Waals surface area contributed by atoms with Crippen LogP contribution in [0, 0.1) is 11.3 Å². The lowest BCUT2D eigenvalue weighted by molar-refractivity contribution is 0.0905. The van der Waals surface area contributed by atoms with Crippen molar-refractivity contribution >= 4 is 39.2 Å². The van der Waals surface area contributed by atoms with Gasteiger partial charge in [-0.25, -0.2) is 0 Å². The molecule has 0 unspecified atom stereocenters. The zero-order valence-corrected chi connectivity index (χ0v) is 16.6. The van der Waals surface area contributed by atoms with Crippen molar-refractivity contribution in [3.05, 3.63) is 78.2 Å². The van der Waals surface area contributed by atoms with Crippen LogP contribution in [0.1, 0.15) is 35.2 Å². The highest BCUT2D eigenvalue weighted by Crippen LogP contribution is 2.30. The summed E-state index contributed by atoms with van der Waals surface area (Å²) < 4.78 is 1.67. The van der Waals surface area contributed by atoms with Crippen molar-refractivity contribution in [1.29, 1.82) is 5.26 Å². The Hall–Kier alpha value is -3.75. The highest BCUT2D eigenvalue weighted by molar-refractivity contribution is 6.06. The van der Waals surface area contributed by atoms with Gasteiger partial charge in [-0.05, 0) is 48.5 Å². The van der Waals surface area contributed by atoms with Crippen molar-refractivity contribution in [2.75, 3.05) is 6.54 Å². The van der Waals surface area contributed by atoms with Crippen molar-refractivity contribution < 1.29 is 4.79 Å². The molecule has 4 rings (SSSR count). The Bertz CT molecular complexity index is 1290. The highest BCUT2D eigenvalue weighted by atomic mass is 16.2. The Kier molecular flexibility index (Phi) is 5.69. The smallest absolute Gasteiger partial charge is 0.231 e. The number of nitrogens with zero attached hydrogens (tertiary/aromatic N) is 3. The second kappa shape index (κ2) is 8.73. The Morgan fingerprint density at radius 2 is 1.97 bits per heavy atom. The summed E-state index contributed by atoms with van der Waals surface area (Å²) in [5.74, 6) is 0.0134. The first-order valence-corrected chi connectivity index (χ1v) is 10.0. The van der Waals surface area contributed by atoms with Crippen molar-refractivity contribution in [3.63, 3.8) is 0 Å². The Balaban J connectivity index is 1.82. The first-order chi connectivity index (χ1) is 14.7. The molecule has 2 aromatic heterocycles. The van der Waals surface area contributed by atoms with E-state index in [1.165, 1.54) is 0 Å². The molecular weight excluding hydrogens is 372 g/mol. The molecule has 2 N–H and O–H groups in total. The molecule has 0 aliphatic heterocycles. The molecule has 0 saturated carbocycles. The molecule has 5 heteroatoms. The van der Waals surface area contributed by atoms with Crippen molar-refractivity contribution in [2.45, 2.75) is 19.3 Å². The molecule has 2 aromatic carbocycles. The van der Waals surface area contributed by atoms with E-state index in [9.17, 15) is 10.1 Å². The molecule has 0 aliphatic carbocycles. The minimum Gasteiger partial charge on any atom is -0.330 e. The first kappa shape index (κ1) is 19.6. The van der Waals surface area contributed by atoms with E-state index in [0.717, 1.165) is 45.6 Å². The van der Waals surface area contributed by atoms with Crippen LogP contribution in [-0.2, 0) is 0 Å². The lowest BCUT2D eigenvalue weighted by Gasteiger charge is -2.03. The number of carbonyl (C=O) groups is 1. The fraction of sp³-hybridized carbons (Fsp3) is 0.160. The Morgan fingerprint density at radius 1 is 1.10 bits per heavy atom. The van der Waals surface area contributed by atoms with Gasteiger partial charge in [0.2, 0.25) is 5.91 Å². The standard InChI is InChI=1S/C25H22N4O/c26-12-4-3-10-25(30)29-17-23(22-8-1-2-9-24(22)29)20(15-27)14-18-6-5-7-19-16-28-13-11-21(18)19/h1-2,5-9,11,13-14,16-17H,3-4,10,12,26H2. The lowest BCUT2D eigenvalue weighted by Crippen LogP contribution is -2.10. The summed E-state index contributed by atoms with van der Waals surface area (Å²) in [5, 5.41) is 12.9. The van der Waals surface area contributed by atoms with Gasteiger partial charge in [0.25, 0.3) is 0 Å². The fourth-order valence-corrected chi connectivity index (χ4v) is 3.74. The summed E-state index contributed by atoms with van der Waals surface area (Å²) in [6.07, 6.45) is 9.23. The number of fused-ring (bicyclic) bond motifs is 2. The molecule has 0 bridgehead atoms. The zero-order valence-electron chi connectivity index (χ0n) is 16.6. The predicted octanol–water partition coefficient (Wildman–Crippen LogP) is 5.02. The van der Waals surface area contributed by atoms with Crippen molar-refractivity contribution in [2.24, 2.45) is 5.73 Å². The number of nitrogens with two attached hydrogens (primary N) is 1. The van der Waals surface area contributed by atoms with Crippen LogP contribution < -0.4 is 5.73 Å². The van der Waals surface area contributed by atoms with Crippen LogP contribution in [0.3, 0.4) is 0 Å². The number of unbranched alkanes of at least 4 members (excludes halogenated alkanes) is 1. The first-order valence-electron chi connectivity index (χ1n) is 10.0. The zero-order chi connectivity index (χ0) is 20.9.